The highest BCUT2D eigenvalue weighted by atomic mass is 19.4. The van der Waals surface area contributed by atoms with E-state index in [9.17, 15) is 18.3 Å². The molecule has 1 aliphatic heterocycles. The van der Waals surface area contributed by atoms with Gasteiger partial charge in [0.1, 0.15) is 11.5 Å². The number of rotatable bonds is 2. The van der Waals surface area contributed by atoms with Crippen molar-refractivity contribution in [1.29, 1.82) is 0 Å². The zero-order valence-corrected chi connectivity index (χ0v) is 12.9. The van der Waals surface area contributed by atoms with E-state index in [1.165, 1.54) is 6.07 Å². The van der Waals surface area contributed by atoms with Crippen molar-refractivity contribution in [2.45, 2.75) is 39.7 Å². The molecule has 0 saturated carbocycles. The van der Waals surface area contributed by atoms with Crippen LogP contribution in [0.2, 0.25) is 0 Å². The minimum atomic E-state index is -4.53. The van der Waals surface area contributed by atoms with Crippen molar-refractivity contribution >= 4 is 5.82 Å². The molecule has 2 rings (SSSR count). The molecule has 1 atom stereocenters. The summed E-state index contributed by atoms with van der Waals surface area (Å²) < 4.78 is 44.5. The van der Waals surface area contributed by atoms with Crippen molar-refractivity contribution < 1.29 is 23.0 Å². The molecule has 1 N–H and O–H groups in total. The summed E-state index contributed by atoms with van der Waals surface area (Å²) in [4.78, 5) is 5.51. The Labute approximate surface area is 127 Å². The van der Waals surface area contributed by atoms with E-state index in [1.54, 1.807) is 4.90 Å². The number of alkyl halides is 3. The number of nitrogens with zero attached hydrogens (tertiary/aromatic N) is 2. The number of hydrogen-bond donors (Lipinski definition) is 1. The minimum Gasteiger partial charge on any atom is -0.392 e. The smallest absolute Gasteiger partial charge is 0.392 e. The lowest BCUT2D eigenvalue weighted by atomic mass is 9.88. The number of anilines is 1. The Hall–Kier alpha value is -1.34. The molecule has 0 bridgehead atoms. The molecule has 2 heterocycles. The maximum absolute atomic E-state index is 12.9. The monoisotopic (exact) mass is 318 g/mol. The summed E-state index contributed by atoms with van der Waals surface area (Å²) in [6.07, 6.45) is -4.62. The first-order valence-corrected chi connectivity index (χ1v) is 7.17. The quantitative estimate of drug-likeness (QED) is 0.911. The van der Waals surface area contributed by atoms with Gasteiger partial charge >= 0.3 is 6.18 Å². The van der Waals surface area contributed by atoms with E-state index >= 15 is 0 Å². The van der Waals surface area contributed by atoms with Gasteiger partial charge in [0.25, 0.3) is 0 Å². The van der Waals surface area contributed by atoms with Gasteiger partial charge in [0, 0.05) is 13.1 Å². The lowest BCUT2D eigenvalue weighted by molar-refractivity contribution is -0.141. The number of aliphatic hydroxyl groups is 1. The molecule has 0 radical (unpaired) electrons. The normalized spacial score (nSPS) is 20.3. The number of ether oxygens (including phenoxy) is 1. The van der Waals surface area contributed by atoms with Crippen LogP contribution in [0.1, 0.15) is 32.0 Å². The van der Waals surface area contributed by atoms with E-state index in [0.717, 1.165) is 6.07 Å². The van der Waals surface area contributed by atoms with Gasteiger partial charge in [0.15, 0.2) is 0 Å². The van der Waals surface area contributed by atoms with Gasteiger partial charge in [-0.1, -0.05) is 20.8 Å². The second-order valence-electron chi connectivity index (χ2n) is 6.55. The molecule has 0 amide bonds. The van der Waals surface area contributed by atoms with Crippen molar-refractivity contribution in [2.75, 3.05) is 24.6 Å². The molecular formula is C15H21F3N2O2. The van der Waals surface area contributed by atoms with E-state index in [0.29, 0.717) is 19.7 Å². The van der Waals surface area contributed by atoms with Gasteiger partial charge in [-0.05, 0) is 23.1 Å². The maximum atomic E-state index is 12.9. The fourth-order valence-electron chi connectivity index (χ4n) is 2.35. The Balaban J connectivity index is 2.31. The molecule has 0 aromatic carbocycles. The van der Waals surface area contributed by atoms with Crippen LogP contribution in [0.25, 0.3) is 0 Å². The highest BCUT2D eigenvalue weighted by Gasteiger charge is 2.35. The molecule has 1 fully saturated rings. The Morgan fingerprint density at radius 3 is 2.55 bits per heavy atom. The minimum absolute atomic E-state index is 0.0878. The lowest BCUT2D eigenvalue weighted by Gasteiger charge is -2.40. The molecule has 7 heteroatoms. The van der Waals surface area contributed by atoms with Gasteiger partial charge in [-0.15, -0.1) is 0 Å². The summed E-state index contributed by atoms with van der Waals surface area (Å²) in [6.45, 7) is 7.02. The molecule has 0 spiro atoms. The van der Waals surface area contributed by atoms with Gasteiger partial charge in [-0.2, -0.15) is 13.2 Å². The predicted molar refractivity (Wildman–Crippen MR) is 76.6 cm³/mol. The summed E-state index contributed by atoms with van der Waals surface area (Å²) in [5, 5.41) is 9.19. The standard InChI is InChI=1S/C15H21F3N2O2/c1-14(2,3)12-8-20(4-5-22-12)13-7-10(9-21)6-11(19-13)15(16,17)18/h6-7,12,21H,4-5,8-9H2,1-3H3/t12-/m0/s1. The molecule has 22 heavy (non-hydrogen) atoms. The van der Waals surface area contributed by atoms with Gasteiger partial charge in [0.05, 0.1) is 19.3 Å². The SMILES string of the molecule is CC(C)(C)[C@@H]1CN(c2cc(CO)cc(C(F)(F)F)n2)CCO1. The number of aliphatic hydroxyl groups excluding tert-OH is 1. The third-order valence-corrected chi connectivity index (χ3v) is 3.70. The van der Waals surface area contributed by atoms with Gasteiger partial charge in [-0.25, -0.2) is 4.98 Å². The van der Waals surface area contributed by atoms with Crippen molar-refractivity contribution in [3.63, 3.8) is 0 Å². The fourth-order valence-corrected chi connectivity index (χ4v) is 2.35. The zero-order valence-electron chi connectivity index (χ0n) is 12.9. The summed E-state index contributed by atoms with van der Waals surface area (Å²) in [5.74, 6) is 0.233. The third-order valence-electron chi connectivity index (χ3n) is 3.70. The number of hydrogen-bond acceptors (Lipinski definition) is 4. The number of pyridine rings is 1. The van der Waals surface area contributed by atoms with Crippen LogP contribution in [-0.4, -0.2) is 35.9 Å². The van der Waals surface area contributed by atoms with Crippen LogP contribution in [0.4, 0.5) is 19.0 Å². The Morgan fingerprint density at radius 2 is 2.00 bits per heavy atom. The molecule has 4 nitrogen and oxygen atoms in total. The summed E-state index contributed by atoms with van der Waals surface area (Å²) in [6, 6.07) is 2.38. The fraction of sp³-hybridized carbons (Fsp3) is 0.667. The maximum Gasteiger partial charge on any atom is 0.433 e. The Kier molecular flexibility index (Phi) is 4.67. The largest absolute Gasteiger partial charge is 0.433 e. The van der Waals surface area contributed by atoms with E-state index in [4.69, 9.17) is 4.74 Å². The van der Waals surface area contributed by atoms with E-state index in [2.05, 4.69) is 4.98 Å². The van der Waals surface area contributed by atoms with Crippen LogP contribution >= 0.6 is 0 Å². The molecule has 124 valence electrons. The van der Waals surface area contributed by atoms with Crippen LogP contribution in [0.5, 0.6) is 0 Å². The average molecular weight is 318 g/mol. The second-order valence-corrected chi connectivity index (χ2v) is 6.55. The van der Waals surface area contributed by atoms with Gasteiger partial charge < -0.3 is 14.7 Å². The lowest BCUT2D eigenvalue weighted by Crippen LogP contribution is -2.48. The van der Waals surface area contributed by atoms with Crippen molar-refractivity contribution in [1.82, 2.24) is 4.98 Å². The van der Waals surface area contributed by atoms with Crippen molar-refractivity contribution in [3.8, 4) is 0 Å². The molecule has 0 unspecified atom stereocenters. The molecule has 0 aliphatic carbocycles. The average Bonchev–Trinajstić information content (AvgIpc) is 2.45. The first-order chi connectivity index (χ1) is 10.1. The highest BCUT2D eigenvalue weighted by Crippen LogP contribution is 2.32. The third kappa shape index (κ3) is 3.89. The van der Waals surface area contributed by atoms with E-state index < -0.39 is 18.5 Å². The first-order valence-electron chi connectivity index (χ1n) is 7.17. The highest BCUT2D eigenvalue weighted by molar-refractivity contribution is 5.44. The first kappa shape index (κ1) is 17.0. The molecule has 1 saturated heterocycles. The zero-order chi connectivity index (χ0) is 16.5. The Bertz CT molecular complexity index is 526. The number of aromatic nitrogens is 1. The van der Waals surface area contributed by atoms with Crippen molar-refractivity contribution in [3.05, 3.63) is 23.4 Å². The van der Waals surface area contributed by atoms with Gasteiger partial charge in [0.2, 0.25) is 0 Å². The van der Waals surface area contributed by atoms with E-state index in [-0.39, 0.29) is 22.9 Å². The second kappa shape index (κ2) is 6.04. The Morgan fingerprint density at radius 1 is 1.32 bits per heavy atom. The van der Waals surface area contributed by atoms with Crippen LogP contribution in [-0.2, 0) is 17.5 Å². The number of halogens is 3. The van der Waals surface area contributed by atoms with Crippen LogP contribution in [0.15, 0.2) is 12.1 Å². The molecule has 1 aromatic rings. The molecular weight excluding hydrogens is 297 g/mol. The van der Waals surface area contributed by atoms with Crippen LogP contribution < -0.4 is 4.90 Å². The van der Waals surface area contributed by atoms with Crippen LogP contribution in [0.3, 0.4) is 0 Å². The summed E-state index contributed by atoms with van der Waals surface area (Å²) in [7, 11) is 0. The summed E-state index contributed by atoms with van der Waals surface area (Å²) in [5.41, 5.74) is -0.885. The van der Waals surface area contributed by atoms with Crippen LogP contribution in [0, 0.1) is 5.41 Å². The van der Waals surface area contributed by atoms with E-state index in [1.807, 2.05) is 20.8 Å². The van der Waals surface area contributed by atoms with Gasteiger partial charge in [-0.3, -0.25) is 0 Å². The van der Waals surface area contributed by atoms with Crippen molar-refractivity contribution in [2.24, 2.45) is 5.41 Å². The molecule has 1 aliphatic rings. The topological polar surface area (TPSA) is 45.6 Å². The predicted octanol–water partition coefficient (Wildman–Crippen LogP) is 2.84. The molecule has 1 aromatic heterocycles. The summed E-state index contributed by atoms with van der Waals surface area (Å²) >= 11 is 0. The number of morpholine rings is 1.